The van der Waals surface area contributed by atoms with Crippen molar-refractivity contribution < 1.29 is 245 Å². The van der Waals surface area contributed by atoms with Crippen LogP contribution < -0.4 is 24.5 Å². The Morgan fingerprint density at radius 1 is 0.296 bits per heavy atom. The van der Waals surface area contributed by atoms with Crippen LogP contribution in [-0.2, 0) is 144 Å². The number of unbranched alkanes of at least 4 members (excludes halogenated alkanes) is 12. The minimum absolute atomic E-state index is 0.0121. The standard InChI is InChI=1S/C74H137O45P5.6C2H6O/c1-47-57(38-75)114-71(48(2)66(47)82)100-42-51(79)23-17-12-9-15-21-27-98-64-36-55(118-122(91,92)106-30-29-103-74(5,6)7)61(112-64)45-109-121(89,90)105-32-34-108-124(95,96)119-56-37-65(99-28-22-16-10-13-19-25-53(81)44-102-73-50(4)68(84)70(86)60(41-78)116-73)113-62(56)46-110-120(87,88)104-31-33-107-123(93,94)117-54-35-63(111-58(54)39-76)97-26-20-14-8-11-18-24-52(80)43-101-72-49(3)67(83)69(85)59(40-77)115-72;6*1-2-3/h47-50,54-73,75-78,82-86H,8-46H2,1-7H3,(H,87,88)(H,89,90)(H,91,92)(H,93,94)(H,95,96);6*3H,2H2,1H3/p-5/t47-,48?,49?,50?,54?,55+,56+,57?,58+,59?,60?,61?,62?,63+,64+,65+,66-,67+,68+,69-,70-,71+,72+,73+;;;;;;/m0....../s1. The van der Waals surface area contributed by atoms with Crippen LogP contribution in [0, 0.1) is 23.7 Å². The maximum Gasteiger partial charge on any atom is 0.268 e. The van der Waals surface area contributed by atoms with E-state index in [0.29, 0.717) is 89.9 Å². The van der Waals surface area contributed by atoms with Crippen LogP contribution in [0.15, 0.2) is 0 Å². The van der Waals surface area contributed by atoms with Crippen molar-refractivity contribution in [2.24, 2.45) is 23.7 Å². The van der Waals surface area contributed by atoms with Gasteiger partial charge in [-0.15, -0.1) is 0 Å². The second-order valence-electron chi connectivity index (χ2n) is 34.3. The van der Waals surface area contributed by atoms with Crippen LogP contribution in [0.5, 0.6) is 0 Å². The second-order valence-corrected chi connectivity index (χ2v) is 41.2. The molecule has 0 aliphatic carbocycles. The van der Waals surface area contributed by atoms with E-state index < -0.39 is 258 Å². The Morgan fingerprint density at radius 2 is 0.542 bits per heavy atom. The topological polar surface area (TPSA) is 768 Å². The summed E-state index contributed by atoms with van der Waals surface area (Å²) in [5, 5.41) is 135. The number of phosphoric acid groups is 5. The first-order chi connectivity index (χ1) is 67.1. The molecule has 51 nitrogen and oxygen atoms in total. The summed E-state index contributed by atoms with van der Waals surface area (Å²) in [7, 11) is -26.8. The van der Waals surface area contributed by atoms with Gasteiger partial charge in [-0.25, -0.2) is 0 Å². The number of Topliss-reactive ketones (excluding diaryl/α,β-unsaturated/α-hetero) is 3. The summed E-state index contributed by atoms with van der Waals surface area (Å²) < 4.78 is 189. The molecule has 142 heavy (non-hydrogen) atoms. The summed E-state index contributed by atoms with van der Waals surface area (Å²) >= 11 is 0. The maximum absolute atomic E-state index is 13.4. The molecule has 848 valence electrons. The van der Waals surface area contributed by atoms with E-state index in [9.17, 15) is 108 Å². The van der Waals surface area contributed by atoms with E-state index in [4.69, 9.17) is 137 Å². The first-order valence-electron chi connectivity index (χ1n) is 48.5. The highest BCUT2D eigenvalue weighted by Gasteiger charge is 2.47. The van der Waals surface area contributed by atoms with E-state index in [1.54, 1.807) is 90.0 Å². The van der Waals surface area contributed by atoms with Crippen molar-refractivity contribution in [1.82, 2.24) is 0 Å². The minimum Gasteiger partial charge on any atom is -0.756 e. The van der Waals surface area contributed by atoms with E-state index >= 15 is 0 Å². The molecule has 0 saturated carbocycles. The Labute approximate surface area is 833 Å². The number of aliphatic hydroxyl groups is 15. The SMILES string of the molecule is CC1[C@H](OCC(=O)CCCCCCCO[C@H]2C[C@@H](OP(=O)([O-])OCCOC(C)(C)C)C(COP(=O)([O-])OCCOP(=O)([O-])O[C@@H]3C[C@H](OCCCCCCCC(=O)CO[C@@H]4OC(CO)[C@H](O)[C@H](O)C4C)OC3COP(=O)([O-])OCCOP(=O)([O-])OC3C[C@H](OCCCCCCCC(=O)CO[C@@H]4OC(CO)[C@H](O)[C@H](O)C4C)O[C@@H]3CO)O2)OC(CO)[C@H](C)[C@@H]1O.CCO.CCO.CCO.CCO.CCO.CCO. The van der Waals surface area contributed by atoms with Gasteiger partial charge in [0.25, 0.3) is 39.1 Å². The van der Waals surface area contributed by atoms with Gasteiger partial charge in [-0.2, -0.15) is 0 Å². The number of aliphatic hydroxyl groups excluding tert-OH is 15. The van der Waals surface area contributed by atoms with Crippen LogP contribution in [-0.4, -0.2) is 381 Å². The quantitative estimate of drug-likeness (QED) is 0.0299. The summed E-state index contributed by atoms with van der Waals surface area (Å²) in [6.45, 7) is 14.3. The number of hydrogen-bond donors (Lipinski definition) is 15. The van der Waals surface area contributed by atoms with Gasteiger partial charge in [0, 0.05) is 122 Å². The predicted octanol–water partition coefficient (Wildman–Crippen LogP) is 1.07. The highest BCUT2D eigenvalue weighted by atomic mass is 31.2. The lowest BCUT2D eigenvalue weighted by Crippen LogP contribution is -2.55. The largest absolute Gasteiger partial charge is 0.756 e. The molecule has 56 heteroatoms. The highest BCUT2D eigenvalue weighted by molar-refractivity contribution is 7.47. The van der Waals surface area contributed by atoms with Crippen LogP contribution in [0.1, 0.15) is 225 Å². The Bertz CT molecular complexity index is 3400. The molecule has 6 aliphatic rings. The molecule has 6 fully saturated rings. The third-order valence-electron chi connectivity index (χ3n) is 21.2. The van der Waals surface area contributed by atoms with Crippen molar-refractivity contribution >= 4 is 56.5 Å². The van der Waals surface area contributed by atoms with Crippen molar-refractivity contribution in [2.75, 3.05) is 159 Å². The smallest absolute Gasteiger partial charge is 0.268 e. The molecule has 6 aliphatic heterocycles. The summed E-state index contributed by atoms with van der Waals surface area (Å²) in [6, 6.07) is 0. The summed E-state index contributed by atoms with van der Waals surface area (Å²) in [5.74, 6) is -2.68. The van der Waals surface area contributed by atoms with E-state index in [-0.39, 0.29) is 148 Å². The normalized spacial score (nSPS) is 29.7. The number of ketones is 3. The van der Waals surface area contributed by atoms with E-state index in [1.807, 2.05) is 0 Å². The number of ether oxygens (including phenoxy) is 13. The van der Waals surface area contributed by atoms with Crippen molar-refractivity contribution in [3.05, 3.63) is 0 Å². The summed E-state index contributed by atoms with van der Waals surface area (Å²) in [6.07, 6.45) is -14.6. The lowest BCUT2D eigenvalue weighted by Gasteiger charge is -2.41. The number of carbonyl (C=O) groups is 3. The molecule has 6 saturated heterocycles. The van der Waals surface area contributed by atoms with Gasteiger partial charge < -0.3 is 208 Å². The zero-order valence-corrected chi connectivity index (χ0v) is 88.8. The summed E-state index contributed by atoms with van der Waals surface area (Å²) in [4.78, 5) is 103. The zero-order chi connectivity index (χ0) is 108. The molecule has 6 heterocycles. The van der Waals surface area contributed by atoms with Gasteiger partial charge in [0.2, 0.25) is 0 Å². The Morgan fingerprint density at radius 3 is 0.831 bits per heavy atom. The fourth-order valence-electron chi connectivity index (χ4n) is 14.0. The molecule has 0 spiro atoms. The average molecular weight is 2170 g/mol. The highest BCUT2D eigenvalue weighted by Crippen LogP contribution is 2.49. The predicted molar refractivity (Wildman–Crippen MR) is 491 cm³/mol. The van der Waals surface area contributed by atoms with Crippen LogP contribution in [0.2, 0.25) is 0 Å². The van der Waals surface area contributed by atoms with E-state index in [1.165, 1.54) is 0 Å². The van der Waals surface area contributed by atoms with Crippen LogP contribution in [0.4, 0.5) is 0 Å². The molecule has 0 aromatic rings. The molecular formula is C86H168O51P5-5. The molecule has 29 atom stereocenters. The molecule has 0 radical (unpaired) electrons. The number of phosphoric ester groups is 5. The van der Waals surface area contributed by atoms with Gasteiger partial charge >= 0.3 is 0 Å². The molecular weight excluding hydrogens is 2000 g/mol. The first kappa shape index (κ1) is 140. The van der Waals surface area contributed by atoms with Crippen molar-refractivity contribution in [2.45, 2.75) is 354 Å². The van der Waals surface area contributed by atoms with Crippen molar-refractivity contribution in [3.8, 4) is 0 Å². The average Bonchev–Trinajstić information content (AvgIpc) is 1.68. The van der Waals surface area contributed by atoms with Crippen LogP contribution in [0.25, 0.3) is 0 Å². The van der Waals surface area contributed by atoms with Gasteiger partial charge in [-0.1, -0.05) is 85.5 Å². The molecule has 14 unspecified atom stereocenters. The van der Waals surface area contributed by atoms with Gasteiger partial charge in [0.05, 0.1) is 128 Å². The molecule has 6 rings (SSSR count). The van der Waals surface area contributed by atoms with Crippen molar-refractivity contribution in [1.29, 1.82) is 0 Å². The van der Waals surface area contributed by atoms with E-state index in [0.717, 1.165) is 6.42 Å². The zero-order valence-electron chi connectivity index (χ0n) is 84.3. The van der Waals surface area contributed by atoms with Crippen LogP contribution >= 0.6 is 39.1 Å². The number of carbonyl (C=O) groups excluding carboxylic acids is 3. The van der Waals surface area contributed by atoms with E-state index in [2.05, 4.69) is 0 Å². The third-order valence-corrected chi connectivity index (χ3v) is 26.2. The number of rotatable bonds is 66. The minimum atomic E-state index is -5.53. The molecule has 0 amide bonds. The molecule has 0 bridgehead atoms. The lowest BCUT2D eigenvalue weighted by molar-refractivity contribution is -0.280. The maximum atomic E-state index is 13.4. The first-order valence-corrected chi connectivity index (χ1v) is 55.8. The van der Waals surface area contributed by atoms with Gasteiger partial charge in [-0.05, 0) is 101 Å². The lowest BCUT2D eigenvalue weighted by atomic mass is 9.86. The van der Waals surface area contributed by atoms with Crippen molar-refractivity contribution in [3.63, 3.8) is 0 Å². The Kier molecular flexibility index (Phi) is 78.5. The Hall–Kier alpha value is -1.56. The third kappa shape index (κ3) is 62.6. The monoisotopic (exact) mass is 2170 g/mol. The number of hydrogen-bond acceptors (Lipinski definition) is 51. The van der Waals surface area contributed by atoms with Gasteiger partial charge in [-0.3, -0.25) is 37.2 Å². The second kappa shape index (κ2) is 79.4. The van der Waals surface area contributed by atoms with Gasteiger partial charge in [0.15, 0.2) is 55.1 Å². The fourth-order valence-corrected chi connectivity index (χ4v) is 18.1. The van der Waals surface area contributed by atoms with Gasteiger partial charge in [0.1, 0.15) is 62.5 Å². The fraction of sp³-hybridized carbons (Fsp3) is 0.965. The van der Waals surface area contributed by atoms with Crippen LogP contribution in [0.3, 0.4) is 0 Å². The molecule has 15 N–H and O–H groups in total. The molecule has 0 aromatic heterocycles. The Balaban J connectivity index is 0.0000102. The molecule has 0 aromatic carbocycles. The summed E-state index contributed by atoms with van der Waals surface area (Å²) in [5.41, 5.74) is -0.635.